The van der Waals surface area contributed by atoms with Crippen LogP contribution >= 0.6 is 0 Å². The summed E-state index contributed by atoms with van der Waals surface area (Å²) in [5.74, 6) is -0.250. The standard InChI is InChI=1S/C20H23NO5/c1-25-18-13-15(11-12-21-19(22)9-10-20(23)24)7-8-17(18)26-14-16-5-3-2-4-6-16/h2-8,13H,9-12,14H2,1H3,(H,21,22)(H,23,24)/p-1. The lowest BCUT2D eigenvalue weighted by atomic mass is 10.1. The Kier molecular flexibility index (Phi) is 7.49. The van der Waals surface area contributed by atoms with Gasteiger partial charge < -0.3 is 24.7 Å². The molecule has 0 fully saturated rings. The molecule has 0 aliphatic rings. The van der Waals surface area contributed by atoms with Crippen LogP contribution in [0.2, 0.25) is 0 Å². The fraction of sp³-hybridized carbons (Fsp3) is 0.300. The van der Waals surface area contributed by atoms with Crippen molar-refractivity contribution in [3.05, 3.63) is 59.7 Å². The normalized spacial score (nSPS) is 10.2. The summed E-state index contributed by atoms with van der Waals surface area (Å²) in [5.41, 5.74) is 2.05. The van der Waals surface area contributed by atoms with Crippen LogP contribution < -0.4 is 19.9 Å². The average Bonchev–Trinajstić information content (AvgIpc) is 2.66. The predicted octanol–water partition coefficient (Wildman–Crippen LogP) is 1.46. The molecule has 0 radical (unpaired) electrons. The Balaban J connectivity index is 1.85. The van der Waals surface area contributed by atoms with Crippen molar-refractivity contribution in [2.45, 2.75) is 25.9 Å². The van der Waals surface area contributed by atoms with Gasteiger partial charge in [-0.2, -0.15) is 0 Å². The Bertz CT molecular complexity index is 730. The first-order chi connectivity index (χ1) is 12.6. The first kappa shape index (κ1) is 19.3. The molecule has 0 aliphatic heterocycles. The van der Waals surface area contributed by atoms with E-state index in [1.165, 1.54) is 0 Å². The Morgan fingerprint density at radius 2 is 1.77 bits per heavy atom. The first-order valence-corrected chi connectivity index (χ1v) is 8.38. The molecule has 2 aromatic rings. The van der Waals surface area contributed by atoms with E-state index in [0.29, 0.717) is 31.1 Å². The summed E-state index contributed by atoms with van der Waals surface area (Å²) in [5, 5.41) is 13.0. The van der Waals surface area contributed by atoms with E-state index in [1.807, 2.05) is 48.5 Å². The monoisotopic (exact) mass is 356 g/mol. The number of aliphatic carboxylic acids is 1. The maximum Gasteiger partial charge on any atom is 0.220 e. The highest BCUT2D eigenvalue weighted by atomic mass is 16.5. The van der Waals surface area contributed by atoms with Crippen molar-refractivity contribution in [1.82, 2.24) is 5.32 Å². The number of nitrogens with one attached hydrogen (secondary N) is 1. The van der Waals surface area contributed by atoms with Crippen LogP contribution in [0.25, 0.3) is 0 Å². The molecule has 26 heavy (non-hydrogen) atoms. The average molecular weight is 356 g/mol. The van der Waals surface area contributed by atoms with E-state index in [2.05, 4.69) is 5.32 Å². The molecular weight excluding hydrogens is 334 g/mol. The van der Waals surface area contributed by atoms with E-state index < -0.39 is 5.97 Å². The van der Waals surface area contributed by atoms with Gasteiger partial charge in [0.25, 0.3) is 0 Å². The molecule has 1 amide bonds. The second-order valence-electron chi connectivity index (χ2n) is 5.73. The molecule has 6 heteroatoms. The molecule has 138 valence electrons. The van der Waals surface area contributed by atoms with Crippen LogP contribution in [0, 0.1) is 0 Å². The van der Waals surface area contributed by atoms with Gasteiger partial charge in [0.2, 0.25) is 5.91 Å². The predicted molar refractivity (Wildman–Crippen MR) is 94.7 cm³/mol. The van der Waals surface area contributed by atoms with Gasteiger partial charge in [0.15, 0.2) is 11.5 Å². The second-order valence-corrected chi connectivity index (χ2v) is 5.73. The minimum atomic E-state index is -1.23. The van der Waals surface area contributed by atoms with Crippen LogP contribution in [0.5, 0.6) is 11.5 Å². The zero-order valence-corrected chi connectivity index (χ0v) is 14.7. The molecule has 6 nitrogen and oxygen atoms in total. The van der Waals surface area contributed by atoms with Crippen molar-refractivity contribution in [3.63, 3.8) is 0 Å². The van der Waals surface area contributed by atoms with Crippen molar-refractivity contribution in [1.29, 1.82) is 0 Å². The third kappa shape index (κ3) is 6.47. The van der Waals surface area contributed by atoms with Crippen LogP contribution in [-0.2, 0) is 22.6 Å². The lowest BCUT2D eigenvalue weighted by Crippen LogP contribution is -2.29. The van der Waals surface area contributed by atoms with E-state index in [4.69, 9.17) is 9.47 Å². The molecule has 0 saturated heterocycles. The topological polar surface area (TPSA) is 87.7 Å². The van der Waals surface area contributed by atoms with Gasteiger partial charge in [-0.3, -0.25) is 4.79 Å². The second kappa shape index (κ2) is 10.1. The van der Waals surface area contributed by atoms with Crippen molar-refractivity contribution in [3.8, 4) is 11.5 Å². The van der Waals surface area contributed by atoms with Crippen LogP contribution in [0.15, 0.2) is 48.5 Å². The van der Waals surface area contributed by atoms with Crippen LogP contribution in [0.3, 0.4) is 0 Å². The van der Waals surface area contributed by atoms with E-state index >= 15 is 0 Å². The maximum absolute atomic E-state index is 11.5. The summed E-state index contributed by atoms with van der Waals surface area (Å²) < 4.78 is 11.2. The molecule has 0 atom stereocenters. The highest BCUT2D eigenvalue weighted by molar-refractivity contribution is 5.79. The minimum absolute atomic E-state index is 0.0715. The SMILES string of the molecule is COc1cc(CCNC(=O)CCC(=O)[O-])ccc1OCc1ccccc1. The summed E-state index contributed by atoms with van der Waals surface area (Å²) in [7, 11) is 1.58. The van der Waals surface area contributed by atoms with Gasteiger partial charge in [-0.25, -0.2) is 0 Å². The van der Waals surface area contributed by atoms with Crippen molar-refractivity contribution in [2.75, 3.05) is 13.7 Å². The molecule has 0 saturated carbocycles. The van der Waals surface area contributed by atoms with Gasteiger partial charge in [0, 0.05) is 18.9 Å². The molecular formula is C20H22NO5-. The number of methoxy groups -OCH3 is 1. The molecule has 2 aromatic carbocycles. The first-order valence-electron chi connectivity index (χ1n) is 8.38. The Labute approximate surface area is 152 Å². The van der Waals surface area contributed by atoms with Crippen molar-refractivity contribution >= 4 is 11.9 Å². The number of hydrogen-bond acceptors (Lipinski definition) is 5. The molecule has 2 rings (SSSR count). The quantitative estimate of drug-likeness (QED) is 0.696. The number of carboxylic acid groups (broad SMARTS) is 1. The zero-order chi connectivity index (χ0) is 18.8. The molecule has 0 unspecified atom stereocenters. The van der Waals surface area contributed by atoms with E-state index in [0.717, 1.165) is 11.1 Å². The largest absolute Gasteiger partial charge is 0.550 e. The van der Waals surface area contributed by atoms with Gasteiger partial charge >= 0.3 is 0 Å². The van der Waals surface area contributed by atoms with Crippen LogP contribution in [-0.4, -0.2) is 25.5 Å². The van der Waals surface area contributed by atoms with Crippen molar-refractivity contribution < 1.29 is 24.2 Å². The third-order valence-electron chi connectivity index (χ3n) is 3.76. The summed E-state index contributed by atoms with van der Waals surface area (Å²) >= 11 is 0. The Morgan fingerprint density at radius 1 is 1.00 bits per heavy atom. The van der Waals surface area contributed by atoms with Gasteiger partial charge in [-0.15, -0.1) is 0 Å². The number of hydrogen-bond donors (Lipinski definition) is 1. The number of rotatable bonds is 10. The summed E-state index contributed by atoms with van der Waals surface area (Å²) in [6, 6.07) is 15.5. The minimum Gasteiger partial charge on any atom is -0.550 e. The van der Waals surface area contributed by atoms with Crippen molar-refractivity contribution in [2.24, 2.45) is 0 Å². The number of carbonyl (C=O) groups excluding carboxylic acids is 2. The number of carbonyl (C=O) groups is 2. The number of carboxylic acids is 1. The van der Waals surface area contributed by atoms with Gasteiger partial charge in [0.05, 0.1) is 7.11 Å². The lowest BCUT2D eigenvalue weighted by Gasteiger charge is -2.13. The molecule has 0 spiro atoms. The Morgan fingerprint density at radius 3 is 2.46 bits per heavy atom. The number of ether oxygens (including phenoxy) is 2. The van der Waals surface area contributed by atoms with Gasteiger partial charge in [-0.05, 0) is 36.1 Å². The smallest absolute Gasteiger partial charge is 0.220 e. The van der Waals surface area contributed by atoms with Crippen LogP contribution in [0.4, 0.5) is 0 Å². The maximum atomic E-state index is 11.5. The van der Waals surface area contributed by atoms with Crippen LogP contribution in [0.1, 0.15) is 24.0 Å². The molecule has 0 heterocycles. The molecule has 0 aromatic heterocycles. The molecule has 1 N–H and O–H groups in total. The zero-order valence-electron chi connectivity index (χ0n) is 14.7. The number of amides is 1. The summed E-state index contributed by atoms with van der Waals surface area (Å²) in [4.78, 5) is 21.8. The van der Waals surface area contributed by atoms with E-state index in [9.17, 15) is 14.7 Å². The highest BCUT2D eigenvalue weighted by Crippen LogP contribution is 2.29. The van der Waals surface area contributed by atoms with Gasteiger partial charge in [-0.1, -0.05) is 36.4 Å². The highest BCUT2D eigenvalue weighted by Gasteiger charge is 2.07. The van der Waals surface area contributed by atoms with E-state index in [-0.39, 0.29) is 18.7 Å². The molecule has 0 aliphatic carbocycles. The lowest BCUT2D eigenvalue weighted by molar-refractivity contribution is -0.305. The third-order valence-corrected chi connectivity index (χ3v) is 3.76. The summed E-state index contributed by atoms with van der Waals surface area (Å²) in [6.07, 6.45) is 0.261. The molecule has 0 bridgehead atoms. The van der Waals surface area contributed by atoms with Gasteiger partial charge in [0.1, 0.15) is 6.61 Å². The summed E-state index contributed by atoms with van der Waals surface area (Å²) in [6.45, 7) is 0.865. The number of benzene rings is 2. The Hall–Kier alpha value is -3.02. The fourth-order valence-corrected chi connectivity index (χ4v) is 2.37. The fourth-order valence-electron chi connectivity index (χ4n) is 2.37. The van der Waals surface area contributed by atoms with E-state index in [1.54, 1.807) is 7.11 Å².